The molecule has 0 bridgehead atoms. The first kappa shape index (κ1) is 19.7. The molecule has 2 rings (SSSR count). The number of halogens is 3. The smallest absolute Gasteiger partial charge is 0.123 e. The van der Waals surface area contributed by atoms with Crippen LogP contribution >= 0.6 is 24.8 Å². The monoisotopic (exact) mass is 322 g/mol. The molecule has 1 atom stereocenters. The lowest BCUT2D eigenvalue weighted by Crippen LogP contribution is -2.48. The van der Waals surface area contributed by atoms with Crippen molar-refractivity contribution in [1.82, 2.24) is 10.2 Å². The average Bonchev–Trinajstić information content (AvgIpc) is 2.32. The summed E-state index contributed by atoms with van der Waals surface area (Å²) in [6, 6.07) is 7.33. The molecule has 1 aromatic carbocycles. The number of benzene rings is 1. The zero-order valence-corrected chi connectivity index (χ0v) is 14.0. The quantitative estimate of drug-likeness (QED) is 0.893. The predicted molar refractivity (Wildman–Crippen MR) is 87.5 cm³/mol. The number of nitrogens with zero attached hydrogens (tertiary/aromatic N) is 1. The Labute approximate surface area is 133 Å². The molecule has 2 nitrogen and oxygen atoms in total. The maximum atomic E-state index is 13.1. The third-order valence-electron chi connectivity index (χ3n) is 3.52. The summed E-state index contributed by atoms with van der Waals surface area (Å²) in [6.07, 6.45) is 0. The van der Waals surface area contributed by atoms with E-state index in [0.29, 0.717) is 6.04 Å². The normalized spacial score (nSPS) is 17.8. The minimum atomic E-state index is -0.160. The van der Waals surface area contributed by atoms with Crippen LogP contribution in [0.15, 0.2) is 24.3 Å². The van der Waals surface area contributed by atoms with Gasteiger partial charge in [0.1, 0.15) is 5.82 Å². The van der Waals surface area contributed by atoms with Crippen molar-refractivity contribution in [3.8, 4) is 0 Å². The van der Waals surface area contributed by atoms with Gasteiger partial charge in [-0.1, -0.05) is 32.9 Å². The maximum absolute atomic E-state index is 13.1. The van der Waals surface area contributed by atoms with Crippen LogP contribution < -0.4 is 5.32 Å². The van der Waals surface area contributed by atoms with E-state index < -0.39 is 0 Å². The second-order valence-corrected chi connectivity index (χ2v) is 6.11. The molecule has 0 unspecified atom stereocenters. The van der Waals surface area contributed by atoms with Gasteiger partial charge in [0.25, 0.3) is 0 Å². The highest BCUT2D eigenvalue weighted by Gasteiger charge is 2.32. The lowest BCUT2D eigenvalue weighted by molar-refractivity contribution is 0.0862. The fraction of sp³-hybridized carbons (Fsp3) is 0.600. The molecule has 0 saturated carbocycles. The van der Waals surface area contributed by atoms with Crippen molar-refractivity contribution in [1.29, 1.82) is 0 Å². The van der Waals surface area contributed by atoms with E-state index in [-0.39, 0.29) is 36.0 Å². The highest BCUT2D eigenvalue weighted by Crippen LogP contribution is 2.38. The second-order valence-electron chi connectivity index (χ2n) is 6.11. The van der Waals surface area contributed by atoms with Gasteiger partial charge in [-0.3, -0.25) is 4.90 Å². The molecule has 116 valence electrons. The molecule has 1 saturated heterocycles. The Bertz CT molecular complexity index is 384. The zero-order chi connectivity index (χ0) is 13.2. The zero-order valence-electron chi connectivity index (χ0n) is 12.4. The van der Waals surface area contributed by atoms with Crippen molar-refractivity contribution in [3.63, 3.8) is 0 Å². The summed E-state index contributed by atoms with van der Waals surface area (Å²) in [5.74, 6) is -0.160. The van der Waals surface area contributed by atoms with Crippen LogP contribution in [0.4, 0.5) is 4.39 Å². The molecule has 1 aliphatic heterocycles. The topological polar surface area (TPSA) is 15.3 Å². The van der Waals surface area contributed by atoms with Gasteiger partial charge < -0.3 is 5.32 Å². The van der Waals surface area contributed by atoms with E-state index in [9.17, 15) is 4.39 Å². The van der Waals surface area contributed by atoms with Crippen LogP contribution in [-0.2, 0) is 0 Å². The molecule has 1 aliphatic rings. The molecule has 0 radical (unpaired) electrons. The molecule has 1 N–H and O–H groups in total. The summed E-state index contributed by atoms with van der Waals surface area (Å²) in [4.78, 5) is 2.50. The highest BCUT2D eigenvalue weighted by molar-refractivity contribution is 5.85. The average molecular weight is 323 g/mol. The van der Waals surface area contributed by atoms with Gasteiger partial charge in [-0.05, 0) is 23.1 Å². The summed E-state index contributed by atoms with van der Waals surface area (Å²) in [7, 11) is 0. The third-order valence-corrected chi connectivity index (χ3v) is 3.52. The second kappa shape index (κ2) is 8.18. The molecule has 1 heterocycles. The minimum absolute atomic E-state index is 0. The predicted octanol–water partition coefficient (Wildman–Crippen LogP) is 3.66. The number of hydrogen-bond acceptors (Lipinski definition) is 2. The van der Waals surface area contributed by atoms with E-state index in [0.717, 1.165) is 26.2 Å². The van der Waals surface area contributed by atoms with Gasteiger partial charge in [-0.15, -0.1) is 24.8 Å². The van der Waals surface area contributed by atoms with Gasteiger partial charge >= 0.3 is 0 Å². The Balaban J connectivity index is 0.00000180. The first-order chi connectivity index (χ1) is 8.48. The number of rotatable bonds is 2. The molecule has 20 heavy (non-hydrogen) atoms. The Morgan fingerprint density at radius 2 is 1.55 bits per heavy atom. The van der Waals surface area contributed by atoms with Crippen LogP contribution in [0.2, 0.25) is 0 Å². The Morgan fingerprint density at radius 1 is 1.05 bits per heavy atom. The lowest BCUT2D eigenvalue weighted by Gasteiger charge is -2.42. The molecular weight excluding hydrogens is 298 g/mol. The fourth-order valence-electron chi connectivity index (χ4n) is 2.84. The lowest BCUT2D eigenvalue weighted by atomic mass is 9.81. The van der Waals surface area contributed by atoms with Crippen LogP contribution in [0, 0.1) is 11.2 Å². The number of nitrogens with one attached hydrogen (secondary N) is 1. The number of hydrogen-bond donors (Lipinski definition) is 1. The number of piperazine rings is 1. The highest BCUT2D eigenvalue weighted by atomic mass is 35.5. The fourth-order valence-corrected chi connectivity index (χ4v) is 2.84. The van der Waals surface area contributed by atoms with Crippen LogP contribution in [-0.4, -0.2) is 31.1 Å². The van der Waals surface area contributed by atoms with Crippen molar-refractivity contribution < 1.29 is 4.39 Å². The summed E-state index contributed by atoms with van der Waals surface area (Å²) in [5, 5.41) is 3.38. The summed E-state index contributed by atoms with van der Waals surface area (Å²) >= 11 is 0. The Morgan fingerprint density at radius 3 is 2.00 bits per heavy atom. The standard InChI is InChI=1S/C15H23FN2.2ClH/c1-15(2,3)14(18-10-8-17-9-11-18)12-4-6-13(16)7-5-12;;/h4-7,14,17H,8-11H2,1-3H3;2*1H/t14-;;/m1../s1. The van der Waals surface area contributed by atoms with E-state index >= 15 is 0 Å². The first-order valence-electron chi connectivity index (χ1n) is 6.69. The maximum Gasteiger partial charge on any atom is 0.123 e. The van der Waals surface area contributed by atoms with Gasteiger partial charge in [0.2, 0.25) is 0 Å². The van der Waals surface area contributed by atoms with Gasteiger partial charge in [0.05, 0.1) is 0 Å². The van der Waals surface area contributed by atoms with Crippen LogP contribution in [0.25, 0.3) is 0 Å². The molecule has 1 aromatic rings. The Hall–Kier alpha value is -0.350. The van der Waals surface area contributed by atoms with Crippen LogP contribution in [0.3, 0.4) is 0 Å². The third kappa shape index (κ3) is 4.88. The molecular formula is C15H25Cl2FN2. The molecule has 0 aromatic heterocycles. The van der Waals surface area contributed by atoms with E-state index in [4.69, 9.17) is 0 Å². The van der Waals surface area contributed by atoms with Crippen molar-refractivity contribution in [2.24, 2.45) is 5.41 Å². The van der Waals surface area contributed by atoms with Crippen molar-refractivity contribution in [2.45, 2.75) is 26.8 Å². The van der Waals surface area contributed by atoms with E-state index in [1.54, 1.807) is 12.1 Å². The first-order valence-corrected chi connectivity index (χ1v) is 6.69. The van der Waals surface area contributed by atoms with E-state index in [1.165, 1.54) is 5.56 Å². The van der Waals surface area contributed by atoms with E-state index in [2.05, 4.69) is 31.0 Å². The van der Waals surface area contributed by atoms with Gasteiger partial charge in [0, 0.05) is 32.2 Å². The molecule has 5 heteroatoms. The Kier molecular flexibility index (Phi) is 8.04. The van der Waals surface area contributed by atoms with Gasteiger partial charge in [-0.2, -0.15) is 0 Å². The molecule has 0 amide bonds. The van der Waals surface area contributed by atoms with Crippen molar-refractivity contribution >= 4 is 24.8 Å². The summed E-state index contributed by atoms with van der Waals surface area (Å²) in [5.41, 5.74) is 1.36. The molecule has 1 fully saturated rings. The largest absolute Gasteiger partial charge is 0.314 e. The van der Waals surface area contributed by atoms with E-state index in [1.807, 2.05) is 12.1 Å². The van der Waals surface area contributed by atoms with Crippen LogP contribution in [0.5, 0.6) is 0 Å². The molecule has 0 spiro atoms. The summed E-state index contributed by atoms with van der Waals surface area (Å²) in [6.45, 7) is 10.9. The SMILES string of the molecule is CC(C)(C)[C@@H](c1ccc(F)cc1)N1CCNCC1.Cl.Cl. The van der Waals surface area contributed by atoms with Gasteiger partial charge in [0.15, 0.2) is 0 Å². The molecule has 0 aliphatic carbocycles. The minimum Gasteiger partial charge on any atom is -0.314 e. The van der Waals surface area contributed by atoms with Crippen molar-refractivity contribution in [3.05, 3.63) is 35.6 Å². The van der Waals surface area contributed by atoms with Crippen molar-refractivity contribution in [2.75, 3.05) is 26.2 Å². The van der Waals surface area contributed by atoms with Gasteiger partial charge in [-0.25, -0.2) is 4.39 Å². The summed E-state index contributed by atoms with van der Waals surface area (Å²) < 4.78 is 13.1. The van der Waals surface area contributed by atoms with Crippen LogP contribution in [0.1, 0.15) is 32.4 Å².